The van der Waals surface area contributed by atoms with Crippen LogP contribution in [0.3, 0.4) is 0 Å². The van der Waals surface area contributed by atoms with Gasteiger partial charge in [-0.15, -0.1) is 12.3 Å². The van der Waals surface area contributed by atoms with Gasteiger partial charge in [0.25, 0.3) is 5.91 Å². The van der Waals surface area contributed by atoms with Crippen molar-refractivity contribution in [3.63, 3.8) is 0 Å². The SMILES string of the molecule is C#CCCC1(CCNC(=O)C2(O)CC(=O)Nc3ccc(Br)cc32)N=N1. The fourth-order valence-electron chi connectivity index (χ4n) is 2.88. The summed E-state index contributed by atoms with van der Waals surface area (Å²) in [6.07, 6.45) is 6.62. The van der Waals surface area contributed by atoms with E-state index in [2.05, 4.69) is 42.7 Å². The molecular weight excluding hydrogens is 388 g/mol. The van der Waals surface area contributed by atoms with Crippen molar-refractivity contribution < 1.29 is 14.7 Å². The fourth-order valence-corrected chi connectivity index (χ4v) is 3.24. The predicted molar refractivity (Wildman–Crippen MR) is 94.6 cm³/mol. The zero-order valence-electron chi connectivity index (χ0n) is 13.4. The molecule has 0 fully saturated rings. The van der Waals surface area contributed by atoms with E-state index >= 15 is 0 Å². The lowest BCUT2D eigenvalue weighted by atomic mass is 9.85. The number of carbonyl (C=O) groups excluding carboxylic acids is 2. The van der Waals surface area contributed by atoms with Crippen molar-refractivity contribution in [3.05, 3.63) is 28.2 Å². The Kier molecular flexibility index (Phi) is 4.62. The van der Waals surface area contributed by atoms with Gasteiger partial charge in [-0.05, 0) is 18.2 Å². The van der Waals surface area contributed by atoms with Crippen LogP contribution in [0.2, 0.25) is 0 Å². The van der Waals surface area contributed by atoms with E-state index in [1.807, 2.05) is 0 Å². The molecule has 8 heteroatoms. The summed E-state index contributed by atoms with van der Waals surface area (Å²) in [4.78, 5) is 24.5. The molecule has 1 atom stereocenters. The van der Waals surface area contributed by atoms with E-state index in [4.69, 9.17) is 6.42 Å². The third-order valence-electron chi connectivity index (χ3n) is 4.36. The molecule has 2 aliphatic rings. The van der Waals surface area contributed by atoms with Gasteiger partial charge in [-0.2, -0.15) is 10.2 Å². The first-order valence-corrected chi connectivity index (χ1v) is 8.66. The number of aliphatic hydroxyl groups is 1. The summed E-state index contributed by atoms with van der Waals surface area (Å²) < 4.78 is 0.706. The molecule has 7 nitrogen and oxygen atoms in total. The van der Waals surface area contributed by atoms with Crippen molar-refractivity contribution in [3.8, 4) is 12.3 Å². The summed E-state index contributed by atoms with van der Waals surface area (Å²) in [5.74, 6) is 1.52. The van der Waals surface area contributed by atoms with Gasteiger partial charge in [0.1, 0.15) is 0 Å². The standard InChI is InChI=1S/C17H17BrN4O3/c1-2-3-6-16(21-22-16)7-8-19-15(24)17(25)10-14(23)20-13-5-4-11(18)9-12(13)17/h1,4-5,9,25H,3,6-8,10H2,(H,19,24)(H,20,23). The van der Waals surface area contributed by atoms with E-state index in [1.165, 1.54) is 0 Å². The summed E-state index contributed by atoms with van der Waals surface area (Å²) in [6, 6.07) is 5.01. The predicted octanol–water partition coefficient (Wildman–Crippen LogP) is 2.06. The Labute approximate surface area is 153 Å². The fraction of sp³-hybridized carbons (Fsp3) is 0.412. The highest BCUT2D eigenvalue weighted by molar-refractivity contribution is 9.10. The van der Waals surface area contributed by atoms with Crippen molar-refractivity contribution >= 4 is 33.4 Å². The Morgan fingerprint density at radius 1 is 1.44 bits per heavy atom. The van der Waals surface area contributed by atoms with Crippen molar-refractivity contribution in [2.24, 2.45) is 10.2 Å². The number of hydrogen-bond acceptors (Lipinski definition) is 5. The zero-order valence-corrected chi connectivity index (χ0v) is 15.0. The highest BCUT2D eigenvalue weighted by Gasteiger charge is 2.45. The second-order valence-electron chi connectivity index (χ2n) is 6.17. The Bertz CT molecular complexity index is 796. The van der Waals surface area contributed by atoms with Gasteiger partial charge >= 0.3 is 0 Å². The molecule has 2 heterocycles. The monoisotopic (exact) mass is 404 g/mol. The third kappa shape index (κ3) is 3.57. The molecule has 25 heavy (non-hydrogen) atoms. The van der Waals surface area contributed by atoms with Gasteiger partial charge in [0, 0.05) is 41.5 Å². The summed E-state index contributed by atoms with van der Waals surface area (Å²) in [6.45, 7) is 0.281. The van der Waals surface area contributed by atoms with E-state index in [0.717, 1.165) is 0 Å². The van der Waals surface area contributed by atoms with Crippen LogP contribution in [0.5, 0.6) is 0 Å². The van der Waals surface area contributed by atoms with Gasteiger partial charge in [-0.3, -0.25) is 9.59 Å². The van der Waals surface area contributed by atoms with E-state index in [1.54, 1.807) is 18.2 Å². The molecule has 1 aromatic rings. The number of carbonyl (C=O) groups is 2. The molecular formula is C17H17BrN4O3. The smallest absolute Gasteiger partial charge is 0.257 e. The molecule has 0 bridgehead atoms. The average molecular weight is 405 g/mol. The van der Waals surface area contributed by atoms with Crippen molar-refractivity contribution in [2.75, 3.05) is 11.9 Å². The van der Waals surface area contributed by atoms with Gasteiger partial charge in [0.05, 0.1) is 6.42 Å². The number of halogens is 1. The summed E-state index contributed by atoms with van der Waals surface area (Å²) >= 11 is 3.32. The summed E-state index contributed by atoms with van der Waals surface area (Å²) in [5, 5.41) is 24.3. The first-order valence-electron chi connectivity index (χ1n) is 7.87. The molecule has 0 radical (unpaired) electrons. The largest absolute Gasteiger partial charge is 0.375 e. The topological polar surface area (TPSA) is 103 Å². The zero-order chi connectivity index (χ0) is 18.1. The minimum atomic E-state index is -1.91. The number of rotatable bonds is 6. The van der Waals surface area contributed by atoms with E-state index in [0.29, 0.717) is 35.0 Å². The average Bonchev–Trinajstić information content (AvgIpc) is 3.34. The Morgan fingerprint density at radius 3 is 2.88 bits per heavy atom. The van der Waals surface area contributed by atoms with Crippen LogP contribution >= 0.6 is 15.9 Å². The number of nitrogens with zero attached hydrogens (tertiary/aromatic N) is 2. The van der Waals surface area contributed by atoms with Crippen LogP contribution in [0.15, 0.2) is 32.9 Å². The van der Waals surface area contributed by atoms with Crippen LogP contribution in [-0.2, 0) is 15.2 Å². The van der Waals surface area contributed by atoms with Gasteiger partial charge in [0.2, 0.25) is 5.91 Å². The highest BCUT2D eigenvalue weighted by atomic mass is 79.9. The summed E-state index contributed by atoms with van der Waals surface area (Å²) in [5.41, 5.74) is -1.63. The lowest BCUT2D eigenvalue weighted by Gasteiger charge is -2.33. The molecule has 3 rings (SSSR count). The van der Waals surface area contributed by atoms with Crippen LogP contribution in [-0.4, -0.2) is 29.1 Å². The number of amides is 2. The number of anilines is 1. The third-order valence-corrected chi connectivity index (χ3v) is 4.85. The number of nitrogens with one attached hydrogen (secondary N) is 2. The van der Waals surface area contributed by atoms with Gasteiger partial charge in [0.15, 0.2) is 11.3 Å². The van der Waals surface area contributed by atoms with Gasteiger partial charge < -0.3 is 15.7 Å². The molecule has 0 saturated heterocycles. The van der Waals surface area contributed by atoms with Crippen LogP contribution in [0.25, 0.3) is 0 Å². The Morgan fingerprint density at radius 2 is 2.20 bits per heavy atom. The lowest BCUT2D eigenvalue weighted by molar-refractivity contribution is -0.146. The molecule has 1 aromatic carbocycles. The van der Waals surface area contributed by atoms with Gasteiger partial charge in [-0.1, -0.05) is 15.9 Å². The maximum absolute atomic E-state index is 12.6. The maximum Gasteiger partial charge on any atom is 0.257 e. The Hall–Kier alpha value is -2.24. The molecule has 2 amide bonds. The van der Waals surface area contributed by atoms with Crippen molar-refractivity contribution in [1.29, 1.82) is 0 Å². The first-order chi connectivity index (χ1) is 11.9. The number of terminal acetylenes is 1. The molecule has 1 unspecified atom stereocenters. The van der Waals surface area contributed by atoms with Crippen molar-refractivity contribution in [2.45, 2.75) is 36.9 Å². The second-order valence-corrected chi connectivity index (χ2v) is 7.08. The van der Waals surface area contributed by atoms with Crippen LogP contribution < -0.4 is 10.6 Å². The molecule has 0 saturated carbocycles. The first kappa shape index (κ1) is 17.6. The molecule has 130 valence electrons. The minimum Gasteiger partial charge on any atom is -0.375 e. The molecule has 0 aliphatic carbocycles. The number of hydrogen-bond donors (Lipinski definition) is 3. The van der Waals surface area contributed by atoms with Crippen molar-refractivity contribution in [1.82, 2.24) is 5.32 Å². The molecule has 3 N–H and O–H groups in total. The second kappa shape index (κ2) is 6.58. The normalized spacial score (nSPS) is 22.5. The van der Waals surface area contributed by atoms with Crippen LogP contribution in [0.1, 0.15) is 31.2 Å². The van der Waals surface area contributed by atoms with Crippen LogP contribution in [0.4, 0.5) is 5.69 Å². The highest BCUT2D eigenvalue weighted by Crippen LogP contribution is 2.38. The summed E-state index contributed by atoms with van der Waals surface area (Å²) in [7, 11) is 0. The van der Waals surface area contributed by atoms with Crippen LogP contribution in [0, 0.1) is 12.3 Å². The number of benzene rings is 1. The Balaban J connectivity index is 1.68. The quantitative estimate of drug-likeness (QED) is 0.632. The minimum absolute atomic E-state index is 0.281. The molecule has 0 aromatic heterocycles. The van der Waals surface area contributed by atoms with E-state index in [9.17, 15) is 14.7 Å². The lowest BCUT2D eigenvalue weighted by Crippen LogP contribution is -2.49. The van der Waals surface area contributed by atoms with E-state index in [-0.39, 0.29) is 13.0 Å². The van der Waals surface area contributed by atoms with Gasteiger partial charge in [-0.25, -0.2) is 0 Å². The number of fused-ring (bicyclic) bond motifs is 1. The molecule has 0 spiro atoms. The maximum atomic E-state index is 12.6. The van der Waals surface area contributed by atoms with E-state index < -0.39 is 23.1 Å². The molecule has 2 aliphatic heterocycles.